The standard InChI is InChI=1S/C16H18FN5O3S/c1-16-7-11(9-25-16)22(10-16)14-13(17)8-18-15(19-14)20-21-26(23,24)12-5-3-2-4-6-12/h2-6,8,11,21H,7,9-10H2,1H3,(H,18,19,20). The van der Waals surface area contributed by atoms with Crippen LogP contribution in [0.4, 0.5) is 16.2 Å². The molecule has 8 nitrogen and oxygen atoms in total. The van der Waals surface area contributed by atoms with Crippen molar-refractivity contribution in [1.82, 2.24) is 14.8 Å². The molecule has 2 saturated heterocycles. The van der Waals surface area contributed by atoms with Crippen molar-refractivity contribution in [3.63, 3.8) is 0 Å². The summed E-state index contributed by atoms with van der Waals surface area (Å²) < 4.78 is 44.4. The zero-order chi connectivity index (χ0) is 18.4. The first kappa shape index (κ1) is 17.1. The number of sulfonamides is 1. The average Bonchev–Trinajstić information content (AvgIpc) is 3.17. The molecule has 2 aliphatic heterocycles. The van der Waals surface area contributed by atoms with Gasteiger partial charge in [-0.05, 0) is 19.1 Å². The van der Waals surface area contributed by atoms with E-state index in [1.807, 2.05) is 11.8 Å². The molecule has 2 N–H and O–H groups in total. The Hall–Kier alpha value is -2.30. The van der Waals surface area contributed by atoms with Gasteiger partial charge in [0.25, 0.3) is 10.0 Å². The van der Waals surface area contributed by atoms with Gasteiger partial charge in [-0.15, -0.1) is 4.83 Å². The van der Waals surface area contributed by atoms with E-state index >= 15 is 0 Å². The minimum atomic E-state index is -3.79. The van der Waals surface area contributed by atoms with E-state index in [-0.39, 0.29) is 28.3 Å². The van der Waals surface area contributed by atoms with Crippen LogP contribution in [0.5, 0.6) is 0 Å². The molecular weight excluding hydrogens is 361 g/mol. The Kier molecular flexibility index (Phi) is 4.05. The second-order valence-corrected chi connectivity index (χ2v) is 8.34. The van der Waals surface area contributed by atoms with Crippen LogP contribution in [0.15, 0.2) is 41.4 Å². The van der Waals surface area contributed by atoms with E-state index in [4.69, 9.17) is 4.74 Å². The Morgan fingerprint density at radius 2 is 2.12 bits per heavy atom. The number of morpholine rings is 1. The molecule has 3 heterocycles. The Morgan fingerprint density at radius 1 is 1.35 bits per heavy atom. The highest BCUT2D eigenvalue weighted by Crippen LogP contribution is 2.39. The van der Waals surface area contributed by atoms with E-state index in [2.05, 4.69) is 20.2 Å². The highest BCUT2D eigenvalue weighted by atomic mass is 32.2. The van der Waals surface area contributed by atoms with Crippen molar-refractivity contribution in [1.29, 1.82) is 0 Å². The summed E-state index contributed by atoms with van der Waals surface area (Å²) in [4.78, 5) is 12.1. The molecule has 4 rings (SSSR count). The van der Waals surface area contributed by atoms with Crippen LogP contribution in [0.3, 0.4) is 0 Å². The summed E-state index contributed by atoms with van der Waals surface area (Å²) in [5, 5.41) is 0. The van der Waals surface area contributed by atoms with Gasteiger partial charge in [0, 0.05) is 13.0 Å². The predicted octanol–water partition coefficient (Wildman–Crippen LogP) is 1.29. The molecule has 2 aromatic rings. The van der Waals surface area contributed by atoms with Crippen LogP contribution in [-0.2, 0) is 14.8 Å². The molecule has 0 spiro atoms. The molecular formula is C16H18FN5O3S. The fourth-order valence-electron chi connectivity index (χ4n) is 3.35. The maximum Gasteiger partial charge on any atom is 0.257 e. The van der Waals surface area contributed by atoms with Gasteiger partial charge in [0.15, 0.2) is 11.6 Å². The number of benzene rings is 1. The van der Waals surface area contributed by atoms with Gasteiger partial charge in [0.05, 0.1) is 29.3 Å². The van der Waals surface area contributed by atoms with Crippen molar-refractivity contribution in [2.24, 2.45) is 0 Å². The Bertz CT molecular complexity index is 927. The third kappa shape index (κ3) is 3.11. The molecule has 2 bridgehead atoms. The molecule has 10 heteroatoms. The summed E-state index contributed by atoms with van der Waals surface area (Å²) in [6, 6.07) is 7.93. The van der Waals surface area contributed by atoms with Crippen LogP contribution in [0.25, 0.3) is 0 Å². The number of hydrogen-bond donors (Lipinski definition) is 2. The molecule has 138 valence electrons. The van der Waals surface area contributed by atoms with Gasteiger partial charge in [-0.1, -0.05) is 18.2 Å². The smallest absolute Gasteiger partial charge is 0.257 e. The quantitative estimate of drug-likeness (QED) is 0.756. The topological polar surface area (TPSA) is 96.5 Å². The number of nitrogens with one attached hydrogen (secondary N) is 2. The van der Waals surface area contributed by atoms with Gasteiger partial charge in [-0.25, -0.2) is 17.8 Å². The number of hydrogen-bond acceptors (Lipinski definition) is 7. The molecule has 2 atom stereocenters. The second kappa shape index (κ2) is 6.15. The number of aromatic nitrogens is 2. The fourth-order valence-corrected chi connectivity index (χ4v) is 4.21. The van der Waals surface area contributed by atoms with Crippen LogP contribution in [-0.4, -0.2) is 43.2 Å². The molecule has 1 aromatic heterocycles. The summed E-state index contributed by atoms with van der Waals surface area (Å²) in [5.41, 5.74) is 2.14. The summed E-state index contributed by atoms with van der Waals surface area (Å²) in [7, 11) is -3.79. The summed E-state index contributed by atoms with van der Waals surface area (Å²) in [5.74, 6) is -0.453. The van der Waals surface area contributed by atoms with E-state index in [0.29, 0.717) is 13.2 Å². The minimum absolute atomic E-state index is 0.0326. The predicted molar refractivity (Wildman–Crippen MR) is 92.5 cm³/mol. The molecule has 0 saturated carbocycles. The maximum absolute atomic E-state index is 14.2. The molecule has 0 aliphatic carbocycles. The van der Waals surface area contributed by atoms with E-state index in [1.54, 1.807) is 18.2 Å². The van der Waals surface area contributed by atoms with Crippen LogP contribution < -0.4 is 15.2 Å². The van der Waals surface area contributed by atoms with Gasteiger partial charge in [0.2, 0.25) is 5.95 Å². The zero-order valence-electron chi connectivity index (χ0n) is 14.0. The summed E-state index contributed by atoms with van der Waals surface area (Å²) in [6.07, 6.45) is 1.83. The molecule has 2 aliphatic rings. The van der Waals surface area contributed by atoms with Crippen LogP contribution in [0, 0.1) is 5.82 Å². The van der Waals surface area contributed by atoms with E-state index < -0.39 is 15.8 Å². The van der Waals surface area contributed by atoms with Gasteiger partial charge < -0.3 is 9.64 Å². The number of fused-ring (bicyclic) bond motifs is 2. The van der Waals surface area contributed by atoms with Gasteiger partial charge >= 0.3 is 0 Å². The molecule has 1 aromatic carbocycles. The van der Waals surface area contributed by atoms with Crippen molar-refractivity contribution in [2.75, 3.05) is 23.5 Å². The third-order valence-corrected chi connectivity index (χ3v) is 5.85. The summed E-state index contributed by atoms with van der Waals surface area (Å²) in [6.45, 7) is 3.03. The van der Waals surface area contributed by atoms with E-state index in [1.165, 1.54) is 12.1 Å². The lowest BCUT2D eigenvalue weighted by molar-refractivity contribution is 0.0166. The number of nitrogens with zero attached hydrogens (tertiary/aromatic N) is 3. The Morgan fingerprint density at radius 3 is 2.77 bits per heavy atom. The van der Waals surface area contributed by atoms with Crippen molar-refractivity contribution in [3.8, 4) is 0 Å². The maximum atomic E-state index is 14.2. The lowest BCUT2D eigenvalue weighted by atomic mass is 10.1. The first-order chi connectivity index (χ1) is 12.4. The fraction of sp³-hybridized carbons (Fsp3) is 0.375. The van der Waals surface area contributed by atoms with E-state index in [0.717, 1.165) is 12.6 Å². The monoisotopic (exact) mass is 379 g/mol. The molecule has 26 heavy (non-hydrogen) atoms. The van der Waals surface area contributed by atoms with Crippen LogP contribution in [0.1, 0.15) is 13.3 Å². The number of rotatable bonds is 5. The van der Waals surface area contributed by atoms with Crippen LogP contribution >= 0.6 is 0 Å². The van der Waals surface area contributed by atoms with Crippen LogP contribution in [0.2, 0.25) is 0 Å². The van der Waals surface area contributed by atoms with Gasteiger partial charge in [-0.3, -0.25) is 5.43 Å². The molecule has 2 fully saturated rings. The highest BCUT2D eigenvalue weighted by Gasteiger charge is 2.48. The average molecular weight is 379 g/mol. The van der Waals surface area contributed by atoms with Crippen molar-refractivity contribution in [2.45, 2.75) is 29.9 Å². The number of ether oxygens (including phenoxy) is 1. The van der Waals surface area contributed by atoms with Gasteiger partial charge in [0.1, 0.15) is 0 Å². The summed E-state index contributed by atoms with van der Waals surface area (Å²) >= 11 is 0. The first-order valence-electron chi connectivity index (χ1n) is 8.12. The highest BCUT2D eigenvalue weighted by molar-refractivity contribution is 7.89. The van der Waals surface area contributed by atoms with Crippen molar-refractivity contribution < 1.29 is 17.5 Å². The normalized spacial score (nSPS) is 24.8. The van der Waals surface area contributed by atoms with E-state index in [9.17, 15) is 12.8 Å². The number of halogens is 1. The number of hydrazine groups is 1. The Labute approximate surface area is 150 Å². The SMILES string of the molecule is CC12CC(CO1)N(c1nc(NNS(=O)(=O)c3ccccc3)ncc1F)C2. The van der Waals surface area contributed by atoms with Crippen molar-refractivity contribution in [3.05, 3.63) is 42.3 Å². The zero-order valence-corrected chi connectivity index (χ0v) is 14.8. The third-order valence-electron chi connectivity index (χ3n) is 4.59. The number of anilines is 2. The molecule has 2 unspecified atom stereocenters. The molecule has 0 amide bonds. The second-order valence-electron chi connectivity index (χ2n) is 6.66. The van der Waals surface area contributed by atoms with Gasteiger partial charge in [-0.2, -0.15) is 4.98 Å². The minimum Gasteiger partial charge on any atom is -0.371 e. The Balaban J connectivity index is 1.52. The lowest BCUT2D eigenvalue weighted by Crippen LogP contribution is -2.42. The molecule has 0 radical (unpaired) electrons. The van der Waals surface area contributed by atoms with Crippen molar-refractivity contribution >= 4 is 21.8 Å². The lowest BCUT2D eigenvalue weighted by Gasteiger charge is -2.31. The first-order valence-corrected chi connectivity index (χ1v) is 9.61. The largest absolute Gasteiger partial charge is 0.371 e.